The van der Waals surface area contributed by atoms with E-state index in [2.05, 4.69) is 0 Å². The number of rotatable bonds is 10. The third-order valence-electron chi connectivity index (χ3n) is 4.45. The highest BCUT2D eigenvalue weighted by molar-refractivity contribution is 6.30. The summed E-state index contributed by atoms with van der Waals surface area (Å²) in [6, 6.07) is 4.28. The van der Waals surface area contributed by atoms with Crippen LogP contribution < -0.4 is 0 Å². The zero-order valence-electron chi connectivity index (χ0n) is 15.3. The highest BCUT2D eigenvalue weighted by Gasteiger charge is 2.34. The van der Waals surface area contributed by atoms with E-state index in [0.717, 1.165) is 18.5 Å². The number of aromatic nitrogens is 1. The van der Waals surface area contributed by atoms with Crippen molar-refractivity contribution in [3.63, 3.8) is 0 Å². The average Bonchev–Trinajstić information content (AvgIpc) is 3.33. The van der Waals surface area contributed by atoms with E-state index in [-0.39, 0.29) is 24.4 Å². The molecule has 25 heavy (non-hydrogen) atoms. The Balaban J connectivity index is 2.02. The van der Waals surface area contributed by atoms with Crippen LogP contribution >= 0.6 is 11.6 Å². The smallest absolute Gasteiger partial charge is 0.242 e. The van der Waals surface area contributed by atoms with Gasteiger partial charge in [-0.15, -0.1) is 11.6 Å². The van der Waals surface area contributed by atoms with Crippen LogP contribution in [-0.4, -0.2) is 64.4 Å². The van der Waals surface area contributed by atoms with Crippen molar-refractivity contribution in [1.82, 2.24) is 14.4 Å². The molecule has 1 atom stereocenters. The molecule has 1 aliphatic rings. The summed E-state index contributed by atoms with van der Waals surface area (Å²) in [6.45, 7) is 3.30. The molecule has 1 aromatic rings. The molecule has 1 fully saturated rings. The SMILES string of the molecule is COCCCN(CC(=O)N(Cc1cccn1C)C1CC1)C(=O)C(C)Cl. The van der Waals surface area contributed by atoms with Crippen molar-refractivity contribution >= 4 is 23.4 Å². The molecule has 140 valence electrons. The molecule has 6 nitrogen and oxygen atoms in total. The number of carbonyl (C=O) groups is 2. The molecule has 1 aromatic heterocycles. The third kappa shape index (κ3) is 5.75. The first-order chi connectivity index (χ1) is 11.9. The molecule has 0 bridgehead atoms. The van der Waals surface area contributed by atoms with E-state index in [1.807, 2.05) is 34.8 Å². The normalized spacial score (nSPS) is 15.0. The molecule has 2 rings (SSSR count). The Bertz CT molecular complexity index is 584. The lowest BCUT2D eigenvalue weighted by atomic mass is 10.3. The van der Waals surface area contributed by atoms with Gasteiger partial charge in [-0.3, -0.25) is 9.59 Å². The number of aryl methyl sites for hydroxylation is 1. The van der Waals surface area contributed by atoms with Crippen molar-refractivity contribution in [1.29, 1.82) is 0 Å². The molecule has 1 unspecified atom stereocenters. The van der Waals surface area contributed by atoms with Gasteiger partial charge in [0.25, 0.3) is 0 Å². The van der Waals surface area contributed by atoms with Crippen LogP contribution in [0.1, 0.15) is 31.9 Å². The minimum atomic E-state index is -0.641. The van der Waals surface area contributed by atoms with E-state index in [9.17, 15) is 9.59 Å². The summed E-state index contributed by atoms with van der Waals surface area (Å²) in [5.41, 5.74) is 1.09. The lowest BCUT2D eigenvalue weighted by Gasteiger charge is -2.28. The van der Waals surface area contributed by atoms with E-state index in [1.165, 1.54) is 0 Å². The number of carbonyl (C=O) groups excluding carboxylic acids is 2. The van der Waals surface area contributed by atoms with Crippen molar-refractivity contribution in [2.45, 2.75) is 44.1 Å². The number of ether oxygens (including phenoxy) is 1. The Kier molecular flexibility index (Phi) is 7.32. The maximum absolute atomic E-state index is 12.9. The van der Waals surface area contributed by atoms with E-state index in [4.69, 9.17) is 16.3 Å². The molecule has 0 radical (unpaired) electrons. The van der Waals surface area contributed by atoms with Crippen LogP contribution in [-0.2, 0) is 27.9 Å². The molecule has 0 spiro atoms. The fraction of sp³-hybridized carbons (Fsp3) is 0.667. The Morgan fingerprint density at radius 3 is 2.68 bits per heavy atom. The van der Waals surface area contributed by atoms with Gasteiger partial charge in [-0.1, -0.05) is 0 Å². The van der Waals surface area contributed by atoms with Crippen LogP contribution in [0.3, 0.4) is 0 Å². The molecular formula is C18H28ClN3O3. The van der Waals surface area contributed by atoms with E-state index in [0.29, 0.717) is 26.1 Å². The molecule has 1 saturated carbocycles. The van der Waals surface area contributed by atoms with Gasteiger partial charge in [0.05, 0.1) is 13.1 Å². The Morgan fingerprint density at radius 1 is 1.44 bits per heavy atom. The van der Waals surface area contributed by atoms with Crippen molar-refractivity contribution < 1.29 is 14.3 Å². The molecule has 7 heteroatoms. The zero-order valence-corrected chi connectivity index (χ0v) is 16.0. The number of methoxy groups -OCH3 is 1. The fourth-order valence-electron chi connectivity index (χ4n) is 2.81. The molecular weight excluding hydrogens is 342 g/mol. The highest BCUT2D eigenvalue weighted by Crippen LogP contribution is 2.28. The third-order valence-corrected chi connectivity index (χ3v) is 4.63. The first kappa shape index (κ1) is 19.8. The number of hydrogen-bond acceptors (Lipinski definition) is 3. The minimum Gasteiger partial charge on any atom is -0.385 e. The lowest BCUT2D eigenvalue weighted by Crippen LogP contribution is -2.46. The molecule has 0 aliphatic heterocycles. The molecule has 2 amide bonds. The van der Waals surface area contributed by atoms with Crippen molar-refractivity contribution in [2.24, 2.45) is 7.05 Å². The van der Waals surface area contributed by atoms with Crippen LogP contribution in [0.4, 0.5) is 0 Å². The van der Waals surface area contributed by atoms with Gasteiger partial charge < -0.3 is 19.1 Å². The minimum absolute atomic E-state index is 0.0215. The van der Waals surface area contributed by atoms with Crippen LogP contribution in [0.2, 0.25) is 0 Å². The first-order valence-electron chi connectivity index (χ1n) is 8.75. The van der Waals surface area contributed by atoms with E-state index >= 15 is 0 Å². The van der Waals surface area contributed by atoms with Crippen molar-refractivity contribution in [3.05, 3.63) is 24.0 Å². The van der Waals surface area contributed by atoms with Gasteiger partial charge in [-0.2, -0.15) is 0 Å². The Hall–Kier alpha value is -1.53. The van der Waals surface area contributed by atoms with Gasteiger partial charge in [0.15, 0.2) is 0 Å². The number of alkyl halides is 1. The summed E-state index contributed by atoms with van der Waals surface area (Å²) >= 11 is 5.96. The maximum Gasteiger partial charge on any atom is 0.242 e. The monoisotopic (exact) mass is 369 g/mol. The summed E-state index contributed by atoms with van der Waals surface area (Å²) < 4.78 is 7.07. The lowest BCUT2D eigenvalue weighted by molar-refractivity contribution is -0.141. The van der Waals surface area contributed by atoms with E-state index in [1.54, 1.807) is 18.9 Å². The topological polar surface area (TPSA) is 54.8 Å². The van der Waals surface area contributed by atoms with E-state index < -0.39 is 5.38 Å². The molecule has 0 aromatic carbocycles. The number of nitrogens with zero attached hydrogens (tertiary/aromatic N) is 3. The van der Waals surface area contributed by atoms with Gasteiger partial charge in [-0.25, -0.2) is 0 Å². The van der Waals surface area contributed by atoms with Gasteiger partial charge >= 0.3 is 0 Å². The molecule has 1 heterocycles. The second-order valence-electron chi connectivity index (χ2n) is 6.59. The van der Waals surface area contributed by atoms with Crippen LogP contribution in [0, 0.1) is 0 Å². The summed E-state index contributed by atoms with van der Waals surface area (Å²) in [5, 5.41) is -0.641. The average molecular weight is 370 g/mol. The first-order valence-corrected chi connectivity index (χ1v) is 9.19. The predicted octanol–water partition coefficient (Wildman–Crippen LogP) is 2.01. The second kappa shape index (κ2) is 9.25. The Labute approximate surface area is 154 Å². The molecule has 0 saturated heterocycles. The van der Waals surface area contributed by atoms with Crippen LogP contribution in [0.15, 0.2) is 18.3 Å². The largest absolute Gasteiger partial charge is 0.385 e. The van der Waals surface area contributed by atoms with Crippen LogP contribution in [0.5, 0.6) is 0 Å². The van der Waals surface area contributed by atoms with Gasteiger partial charge in [0.1, 0.15) is 5.38 Å². The number of amides is 2. The standard InChI is InChI=1S/C18H28ClN3O3/c1-14(19)18(24)21(10-5-11-25-3)13-17(23)22(15-7-8-15)12-16-6-4-9-20(16)2/h4,6,9,14-15H,5,7-8,10-13H2,1-3H3. The maximum atomic E-state index is 12.9. The van der Waals surface area contributed by atoms with Crippen molar-refractivity contribution in [3.8, 4) is 0 Å². The summed E-state index contributed by atoms with van der Waals surface area (Å²) in [4.78, 5) is 28.7. The highest BCUT2D eigenvalue weighted by atomic mass is 35.5. The fourth-order valence-corrected chi connectivity index (χ4v) is 2.95. The van der Waals surface area contributed by atoms with Gasteiger partial charge in [0, 0.05) is 45.2 Å². The predicted molar refractivity (Wildman–Crippen MR) is 97.4 cm³/mol. The van der Waals surface area contributed by atoms with Crippen molar-refractivity contribution in [2.75, 3.05) is 26.8 Å². The van der Waals surface area contributed by atoms with Gasteiger partial charge in [-0.05, 0) is 38.3 Å². The molecule has 0 N–H and O–H groups in total. The number of halogens is 1. The zero-order chi connectivity index (χ0) is 18.4. The molecule has 1 aliphatic carbocycles. The van der Waals surface area contributed by atoms with Gasteiger partial charge in [0.2, 0.25) is 11.8 Å². The van der Waals surface area contributed by atoms with Crippen LogP contribution in [0.25, 0.3) is 0 Å². The summed E-state index contributed by atoms with van der Waals surface area (Å²) in [6.07, 6.45) is 4.71. The summed E-state index contributed by atoms with van der Waals surface area (Å²) in [5.74, 6) is -0.229. The quantitative estimate of drug-likeness (QED) is 0.468. The second-order valence-corrected chi connectivity index (χ2v) is 7.24. The summed E-state index contributed by atoms with van der Waals surface area (Å²) in [7, 11) is 3.59. The number of hydrogen-bond donors (Lipinski definition) is 0. The Morgan fingerprint density at radius 2 is 2.16 bits per heavy atom.